The summed E-state index contributed by atoms with van der Waals surface area (Å²) in [5.41, 5.74) is 0.910. The van der Waals surface area contributed by atoms with Gasteiger partial charge in [0.1, 0.15) is 22.2 Å². The average molecular weight is 345 g/mol. The molecule has 0 atom stereocenters. The lowest BCUT2D eigenvalue weighted by molar-refractivity contribution is -0.120. The van der Waals surface area contributed by atoms with Crippen LogP contribution < -0.4 is 15.0 Å². The lowest BCUT2D eigenvalue weighted by atomic mass is 10.2. The first-order valence-electron chi connectivity index (χ1n) is 7.00. The standard InChI is InChI=1S/C17H13ClN2O4/c1-24-13-8-4-11(5-9-13)20-16(22)14(18)15(17(20)23)19-10-2-6-12(21)7-3-10/h2-9,19,21H,1H3. The van der Waals surface area contributed by atoms with Crippen LogP contribution in [0.5, 0.6) is 11.5 Å². The topological polar surface area (TPSA) is 78.9 Å². The summed E-state index contributed by atoms with van der Waals surface area (Å²) in [4.78, 5) is 25.9. The number of nitrogens with zero attached hydrogens (tertiary/aromatic N) is 1. The van der Waals surface area contributed by atoms with Crippen molar-refractivity contribution in [2.24, 2.45) is 0 Å². The molecule has 2 amide bonds. The van der Waals surface area contributed by atoms with Crippen molar-refractivity contribution in [1.82, 2.24) is 0 Å². The molecule has 0 spiro atoms. The number of aromatic hydroxyl groups is 1. The molecule has 0 aromatic heterocycles. The van der Waals surface area contributed by atoms with Gasteiger partial charge in [0.15, 0.2) is 0 Å². The molecular formula is C17H13ClN2O4. The first-order valence-corrected chi connectivity index (χ1v) is 7.37. The van der Waals surface area contributed by atoms with Crippen LogP contribution >= 0.6 is 11.6 Å². The van der Waals surface area contributed by atoms with Crippen molar-refractivity contribution < 1.29 is 19.4 Å². The molecule has 0 unspecified atom stereocenters. The van der Waals surface area contributed by atoms with Crippen molar-refractivity contribution in [3.05, 3.63) is 59.3 Å². The van der Waals surface area contributed by atoms with Crippen molar-refractivity contribution in [3.63, 3.8) is 0 Å². The van der Waals surface area contributed by atoms with Crippen molar-refractivity contribution in [3.8, 4) is 11.5 Å². The number of benzene rings is 2. The molecule has 3 rings (SSSR count). The molecule has 2 N–H and O–H groups in total. The highest BCUT2D eigenvalue weighted by molar-refractivity contribution is 6.53. The first-order chi connectivity index (χ1) is 11.5. The van der Waals surface area contributed by atoms with E-state index in [0.717, 1.165) is 4.90 Å². The summed E-state index contributed by atoms with van der Waals surface area (Å²) in [6.07, 6.45) is 0. The number of hydrogen-bond donors (Lipinski definition) is 2. The Labute approximate surface area is 142 Å². The fourth-order valence-corrected chi connectivity index (χ4v) is 2.48. The Balaban J connectivity index is 1.87. The lowest BCUT2D eigenvalue weighted by Crippen LogP contribution is -2.32. The highest BCUT2D eigenvalue weighted by Crippen LogP contribution is 2.31. The fraction of sp³-hybridized carbons (Fsp3) is 0.0588. The van der Waals surface area contributed by atoms with E-state index in [9.17, 15) is 14.7 Å². The summed E-state index contributed by atoms with van der Waals surface area (Å²) in [7, 11) is 1.53. The van der Waals surface area contributed by atoms with Gasteiger partial charge in [-0.25, -0.2) is 4.90 Å². The third-order valence-electron chi connectivity index (χ3n) is 3.49. The number of phenols is 1. The molecule has 0 aliphatic carbocycles. The number of carbonyl (C=O) groups excluding carboxylic acids is 2. The lowest BCUT2D eigenvalue weighted by Gasteiger charge is -2.15. The molecule has 0 radical (unpaired) electrons. The third kappa shape index (κ3) is 2.79. The molecule has 0 fully saturated rings. The van der Waals surface area contributed by atoms with Crippen molar-refractivity contribution in [2.75, 3.05) is 17.3 Å². The SMILES string of the molecule is COc1ccc(N2C(=O)C(Cl)=C(Nc3ccc(O)cc3)C2=O)cc1. The minimum Gasteiger partial charge on any atom is -0.508 e. The van der Waals surface area contributed by atoms with Gasteiger partial charge in [0.25, 0.3) is 11.8 Å². The van der Waals surface area contributed by atoms with E-state index in [-0.39, 0.29) is 16.5 Å². The van der Waals surface area contributed by atoms with E-state index in [4.69, 9.17) is 16.3 Å². The predicted molar refractivity (Wildman–Crippen MR) is 90.1 cm³/mol. The Morgan fingerprint density at radius 1 is 1.00 bits per heavy atom. The van der Waals surface area contributed by atoms with Gasteiger partial charge in [0, 0.05) is 5.69 Å². The Kier molecular flexibility index (Phi) is 4.14. The van der Waals surface area contributed by atoms with Gasteiger partial charge in [-0.05, 0) is 48.5 Å². The summed E-state index contributed by atoms with van der Waals surface area (Å²) in [6.45, 7) is 0. The van der Waals surface area contributed by atoms with Crippen LogP contribution in [0.4, 0.5) is 11.4 Å². The predicted octanol–water partition coefficient (Wildman–Crippen LogP) is 2.84. The summed E-state index contributed by atoms with van der Waals surface area (Å²) >= 11 is 6.04. The average Bonchev–Trinajstić information content (AvgIpc) is 2.80. The van der Waals surface area contributed by atoms with E-state index in [0.29, 0.717) is 17.1 Å². The molecule has 0 saturated carbocycles. The van der Waals surface area contributed by atoms with Gasteiger partial charge < -0.3 is 15.2 Å². The Hall–Kier alpha value is -2.99. The van der Waals surface area contributed by atoms with E-state index in [2.05, 4.69) is 5.32 Å². The Morgan fingerprint density at radius 3 is 2.21 bits per heavy atom. The number of phenolic OH excluding ortho intramolecular Hbond substituents is 1. The summed E-state index contributed by atoms with van der Waals surface area (Å²) in [5, 5.41) is 11.9. The molecule has 2 aromatic rings. The van der Waals surface area contributed by atoms with E-state index in [1.165, 1.54) is 19.2 Å². The largest absolute Gasteiger partial charge is 0.508 e. The van der Waals surface area contributed by atoms with Crippen LogP contribution in [0.15, 0.2) is 59.3 Å². The minimum absolute atomic E-state index is 0.0109. The van der Waals surface area contributed by atoms with Gasteiger partial charge >= 0.3 is 0 Å². The molecule has 6 nitrogen and oxygen atoms in total. The van der Waals surface area contributed by atoms with Crippen molar-refractivity contribution >= 4 is 34.8 Å². The number of methoxy groups -OCH3 is 1. The van der Waals surface area contributed by atoms with Gasteiger partial charge in [-0.1, -0.05) is 11.6 Å². The Morgan fingerprint density at radius 2 is 1.62 bits per heavy atom. The highest BCUT2D eigenvalue weighted by Gasteiger charge is 2.38. The van der Waals surface area contributed by atoms with E-state index in [1.807, 2.05) is 0 Å². The number of anilines is 2. The van der Waals surface area contributed by atoms with Crippen LogP contribution in [0.2, 0.25) is 0 Å². The second kappa shape index (κ2) is 6.25. The molecular weight excluding hydrogens is 332 g/mol. The van der Waals surface area contributed by atoms with Crippen molar-refractivity contribution in [2.45, 2.75) is 0 Å². The number of halogens is 1. The maximum Gasteiger partial charge on any atom is 0.283 e. The van der Waals surface area contributed by atoms with E-state index >= 15 is 0 Å². The number of hydrogen-bond acceptors (Lipinski definition) is 5. The molecule has 24 heavy (non-hydrogen) atoms. The van der Waals surface area contributed by atoms with Crippen LogP contribution in [0.1, 0.15) is 0 Å². The van der Waals surface area contributed by atoms with Crippen LogP contribution in [-0.4, -0.2) is 24.0 Å². The maximum atomic E-state index is 12.6. The number of imide groups is 1. The molecule has 1 heterocycles. The van der Waals surface area contributed by atoms with Gasteiger partial charge in [-0.2, -0.15) is 0 Å². The van der Waals surface area contributed by atoms with Gasteiger partial charge in [0.2, 0.25) is 0 Å². The Bertz CT molecular complexity index is 829. The molecule has 0 saturated heterocycles. The van der Waals surface area contributed by atoms with Crippen molar-refractivity contribution in [1.29, 1.82) is 0 Å². The van der Waals surface area contributed by atoms with Gasteiger partial charge in [-0.15, -0.1) is 0 Å². The maximum absolute atomic E-state index is 12.6. The van der Waals surface area contributed by atoms with E-state index < -0.39 is 11.8 Å². The smallest absolute Gasteiger partial charge is 0.283 e. The second-order valence-electron chi connectivity index (χ2n) is 5.00. The zero-order chi connectivity index (χ0) is 17.3. The molecule has 7 heteroatoms. The van der Waals surface area contributed by atoms with Crippen LogP contribution in [0.25, 0.3) is 0 Å². The normalized spacial score (nSPS) is 14.3. The zero-order valence-electron chi connectivity index (χ0n) is 12.6. The second-order valence-corrected chi connectivity index (χ2v) is 5.38. The molecule has 1 aliphatic heterocycles. The van der Waals surface area contributed by atoms with Gasteiger partial charge in [-0.3, -0.25) is 9.59 Å². The van der Waals surface area contributed by atoms with Crippen LogP contribution in [-0.2, 0) is 9.59 Å². The van der Waals surface area contributed by atoms with Crippen LogP contribution in [0, 0.1) is 0 Å². The number of ether oxygens (including phenoxy) is 1. The van der Waals surface area contributed by atoms with E-state index in [1.54, 1.807) is 36.4 Å². The summed E-state index contributed by atoms with van der Waals surface area (Å²) in [6, 6.07) is 12.5. The molecule has 1 aliphatic rings. The highest BCUT2D eigenvalue weighted by atomic mass is 35.5. The van der Waals surface area contributed by atoms with Gasteiger partial charge in [0.05, 0.1) is 12.8 Å². The van der Waals surface area contributed by atoms with Crippen LogP contribution in [0.3, 0.4) is 0 Å². The fourth-order valence-electron chi connectivity index (χ4n) is 2.27. The minimum atomic E-state index is -0.604. The summed E-state index contributed by atoms with van der Waals surface area (Å²) < 4.78 is 5.06. The molecule has 0 bridgehead atoms. The zero-order valence-corrected chi connectivity index (χ0v) is 13.4. The quantitative estimate of drug-likeness (QED) is 0.658. The number of nitrogens with one attached hydrogen (secondary N) is 1. The molecule has 122 valence electrons. The number of carbonyl (C=O) groups is 2. The monoisotopic (exact) mass is 344 g/mol. The molecule has 2 aromatic carbocycles. The summed E-state index contributed by atoms with van der Waals surface area (Å²) in [5.74, 6) is -0.454. The first kappa shape index (κ1) is 15.9. The number of amides is 2. The third-order valence-corrected chi connectivity index (χ3v) is 3.85. The number of rotatable bonds is 4.